The summed E-state index contributed by atoms with van der Waals surface area (Å²) < 4.78 is 60.9. The van der Waals surface area contributed by atoms with E-state index in [1.54, 1.807) is 30.3 Å². The molecule has 1 aliphatic heterocycles. The second-order valence-corrected chi connectivity index (χ2v) is 13.1. The van der Waals surface area contributed by atoms with E-state index in [2.05, 4.69) is 9.98 Å². The smallest absolute Gasteiger partial charge is 0.308 e. The number of amidine groups is 1. The minimum atomic E-state index is -1.19. The van der Waals surface area contributed by atoms with Crippen LogP contribution < -0.4 is 18.9 Å². The van der Waals surface area contributed by atoms with E-state index in [0.29, 0.717) is 42.6 Å². The van der Waals surface area contributed by atoms with Crippen molar-refractivity contribution < 1.29 is 37.3 Å². The highest BCUT2D eigenvalue weighted by atomic mass is 19.1. The Morgan fingerprint density at radius 2 is 1.86 bits per heavy atom. The van der Waals surface area contributed by atoms with Crippen LogP contribution in [-0.4, -0.2) is 54.5 Å². The zero-order valence-corrected chi connectivity index (χ0v) is 28.2. The third kappa shape index (κ3) is 7.15. The fourth-order valence-corrected chi connectivity index (χ4v) is 7.23. The first-order valence-electron chi connectivity index (χ1n) is 16.8. The van der Waals surface area contributed by atoms with Crippen LogP contribution in [0.15, 0.2) is 77.9 Å². The summed E-state index contributed by atoms with van der Waals surface area (Å²) in [5.74, 6) is -2.12. The van der Waals surface area contributed by atoms with E-state index in [1.165, 1.54) is 13.2 Å². The van der Waals surface area contributed by atoms with Crippen molar-refractivity contribution in [3.63, 3.8) is 0 Å². The molecule has 7 rings (SSSR count). The predicted octanol–water partition coefficient (Wildman–Crippen LogP) is 7.59. The number of nitrogens with zero attached hydrogens (tertiary/aromatic N) is 4. The van der Waals surface area contributed by atoms with Crippen LogP contribution >= 0.6 is 0 Å². The van der Waals surface area contributed by atoms with Crippen LogP contribution in [0.3, 0.4) is 0 Å². The molecule has 12 heteroatoms. The number of ether oxygens (including phenoxy) is 5. The maximum Gasteiger partial charge on any atom is 0.308 e. The average Bonchev–Trinajstić information content (AvgIpc) is 3.71. The SMILES string of the molecule is COC(=O)C1CC2CCC(Oc3ccc(Oc4c(F)cnc(Oc5cc(C#N)ccc5OCc5ccccc5)c4F)c(C4=NCCN4C)c3)(C2)C1. The highest BCUT2D eigenvalue weighted by Gasteiger charge is 2.49. The van der Waals surface area contributed by atoms with E-state index in [0.717, 1.165) is 37.4 Å². The second kappa shape index (κ2) is 14.3. The van der Waals surface area contributed by atoms with Crippen molar-refractivity contribution >= 4 is 11.8 Å². The number of esters is 1. The number of rotatable bonds is 11. The fraction of sp³-hybridized carbons (Fsp3) is 0.333. The van der Waals surface area contributed by atoms with Gasteiger partial charge < -0.3 is 28.6 Å². The Bertz CT molecular complexity index is 2020. The molecule has 2 heterocycles. The Morgan fingerprint density at radius 1 is 1.04 bits per heavy atom. The maximum absolute atomic E-state index is 16.1. The van der Waals surface area contributed by atoms with Gasteiger partial charge in [-0.2, -0.15) is 9.65 Å². The van der Waals surface area contributed by atoms with Gasteiger partial charge in [-0.05, 0) is 67.5 Å². The van der Waals surface area contributed by atoms with Gasteiger partial charge in [-0.25, -0.2) is 9.37 Å². The van der Waals surface area contributed by atoms with Crippen LogP contribution in [-0.2, 0) is 16.1 Å². The summed E-state index contributed by atoms with van der Waals surface area (Å²) in [6.07, 6.45) is 4.76. The van der Waals surface area contributed by atoms with Gasteiger partial charge in [0, 0.05) is 26.1 Å². The van der Waals surface area contributed by atoms with Crippen LogP contribution in [0, 0.1) is 34.8 Å². The monoisotopic (exact) mass is 694 g/mol. The molecule has 2 saturated carbocycles. The third-order valence-electron chi connectivity index (χ3n) is 9.65. The first-order chi connectivity index (χ1) is 24.7. The first-order valence-corrected chi connectivity index (χ1v) is 16.8. The second-order valence-electron chi connectivity index (χ2n) is 13.1. The number of methoxy groups -OCH3 is 1. The number of aromatic nitrogens is 1. The van der Waals surface area contributed by atoms with Crippen molar-refractivity contribution in [3.05, 3.63) is 101 Å². The Hall–Kier alpha value is -5.70. The summed E-state index contributed by atoms with van der Waals surface area (Å²) in [4.78, 5) is 22.9. The summed E-state index contributed by atoms with van der Waals surface area (Å²) in [6, 6.07) is 21.0. The molecule has 51 heavy (non-hydrogen) atoms. The first kappa shape index (κ1) is 33.8. The number of halogens is 2. The van der Waals surface area contributed by atoms with Crippen LogP contribution in [0.1, 0.15) is 48.8 Å². The molecule has 0 N–H and O–H groups in total. The number of nitriles is 1. The van der Waals surface area contributed by atoms with E-state index in [-0.39, 0.29) is 41.3 Å². The van der Waals surface area contributed by atoms with Crippen molar-refractivity contribution in [1.82, 2.24) is 9.88 Å². The molecule has 0 spiro atoms. The normalized spacial score (nSPS) is 20.7. The highest BCUT2D eigenvalue weighted by molar-refractivity contribution is 6.02. The third-order valence-corrected chi connectivity index (χ3v) is 9.65. The van der Waals surface area contributed by atoms with Crippen molar-refractivity contribution in [2.45, 2.75) is 44.3 Å². The molecule has 0 radical (unpaired) electrons. The largest absolute Gasteiger partial charge is 0.487 e. The molecular formula is C39H36F2N4O6. The van der Waals surface area contributed by atoms with Crippen molar-refractivity contribution in [1.29, 1.82) is 5.26 Å². The van der Waals surface area contributed by atoms with Gasteiger partial charge in [0.05, 0.1) is 43.0 Å². The molecule has 4 aromatic rings. The summed E-state index contributed by atoms with van der Waals surface area (Å²) in [5, 5.41) is 9.50. The van der Waals surface area contributed by atoms with Gasteiger partial charge >= 0.3 is 5.97 Å². The number of likely N-dealkylation sites (N-methyl/N-ethyl adjacent to an activating group) is 1. The standard InChI is InChI=1S/C39H36F2N4O6/c1-45-15-14-43-36(45)29-18-28(51-39-13-12-25(19-39)16-27(20-39)38(46)47-2)9-11-31(29)49-35-30(40)22-44-37(34(35)41)50-33-17-26(21-42)8-10-32(33)48-23-24-6-4-3-5-7-24/h3-11,17-18,22,25,27H,12-16,19-20,23H2,1-2H3. The van der Waals surface area contributed by atoms with Crippen molar-refractivity contribution in [3.8, 4) is 40.7 Å². The highest BCUT2D eigenvalue weighted by Crippen LogP contribution is 2.50. The lowest BCUT2D eigenvalue weighted by Gasteiger charge is -2.37. The van der Waals surface area contributed by atoms with E-state index in [4.69, 9.17) is 23.7 Å². The lowest BCUT2D eigenvalue weighted by Crippen LogP contribution is -2.41. The summed E-state index contributed by atoms with van der Waals surface area (Å²) in [5.41, 5.74) is 1.09. The molecule has 3 aliphatic rings. The predicted molar refractivity (Wildman–Crippen MR) is 182 cm³/mol. The Balaban J connectivity index is 1.17. The van der Waals surface area contributed by atoms with E-state index >= 15 is 8.78 Å². The Morgan fingerprint density at radius 3 is 2.63 bits per heavy atom. The summed E-state index contributed by atoms with van der Waals surface area (Å²) >= 11 is 0. The van der Waals surface area contributed by atoms with Gasteiger partial charge in [0.25, 0.3) is 5.88 Å². The van der Waals surface area contributed by atoms with Gasteiger partial charge in [0.2, 0.25) is 11.6 Å². The van der Waals surface area contributed by atoms with E-state index < -0.39 is 28.9 Å². The fourth-order valence-electron chi connectivity index (χ4n) is 7.23. The minimum absolute atomic E-state index is 0.0174. The van der Waals surface area contributed by atoms with Gasteiger partial charge in [0.15, 0.2) is 17.3 Å². The summed E-state index contributed by atoms with van der Waals surface area (Å²) in [7, 11) is 3.28. The maximum atomic E-state index is 16.1. The quantitative estimate of drug-likeness (QED) is 0.147. The number of hydrogen-bond acceptors (Lipinski definition) is 10. The minimum Gasteiger partial charge on any atom is -0.487 e. The number of hydrogen-bond donors (Lipinski definition) is 0. The number of aliphatic imine (C=N–C) groups is 1. The van der Waals surface area contributed by atoms with E-state index in [9.17, 15) is 10.1 Å². The Kier molecular flexibility index (Phi) is 9.45. The average molecular weight is 695 g/mol. The number of carbonyl (C=O) groups is 1. The molecule has 1 aromatic heterocycles. The molecule has 262 valence electrons. The molecule has 2 fully saturated rings. The molecule has 0 amide bonds. The molecule has 3 atom stereocenters. The zero-order valence-electron chi connectivity index (χ0n) is 28.2. The van der Waals surface area contributed by atoms with Crippen molar-refractivity contribution in [2.75, 3.05) is 27.2 Å². The van der Waals surface area contributed by atoms with Gasteiger partial charge in [-0.3, -0.25) is 9.79 Å². The van der Waals surface area contributed by atoms with Gasteiger partial charge in [-0.15, -0.1) is 0 Å². The topological polar surface area (TPSA) is 116 Å². The molecule has 0 saturated heterocycles. The lowest BCUT2D eigenvalue weighted by atomic mass is 9.78. The molecule has 2 aliphatic carbocycles. The van der Waals surface area contributed by atoms with Crippen LogP contribution in [0.2, 0.25) is 0 Å². The number of carbonyl (C=O) groups excluding carboxylic acids is 1. The number of fused-ring (bicyclic) bond motifs is 2. The summed E-state index contributed by atoms with van der Waals surface area (Å²) in [6.45, 7) is 1.37. The van der Waals surface area contributed by atoms with E-state index in [1.807, 2.05) is 48.3 Å². The molecular weight excluding hydrogens is 658 g/mol. The van der Waals surface area contributed by atoms with Crippen LogP contribution in [0.5, 0.6) is 34.6 Å². The zero-order chi connectivity index (χ0) is 35.5. The van der Waals surface area contributed by atoms with Gasteiger partial charge in [0.1, 0.15) is 29.5 Å². The molecule has 10 nitrogen and oxygen atoms in total. The number of benzene rings is 3. The van der Waals surface area contributed by atoms with Crippen molar-refractivity contribution in [2.24, 2.45) is 16.8 Å². The molecule has 2 bridgehead atoms. The lowest BCUT2D eigenvalue weighted by molar-refractivity contribution is -0.149. The molecule has 3 unspecified atom stereocenters. The number of pyridine rings is 1. The Labute approximate surface area is 294 Å². The van der Waals surface area contributed by atoms with Crippen LogP contribution in [0.25, 0.3) is 0 Å². The van der Waals surface area contributed by atoms with Crippen LogP contribution in [0.4, 0.5) is 8.78 Å². The molecule has 3 aromatic carbocycles. The van der Waals surface area contributed by atoms with Gasteiger partial charge in [-0.1, -0.05) is 30.3 Å².